The Labute approximate surface area is 124 Å². The Hall–Kier alpha value is -0.130. The van der Waals surface area contributed by atoms with Crippen molar-refractivity contribution in [2.75, 3.05) is 19.3 Å². The van der Waals surface area contributed by atoms with Gasteiger partial charge in [-0.1, -0.05) is 19.8 Å². The number of sulfonamides is 1. The van der Waals surface area contributed by atoms with E-state index in [-0.39, 0.29) is 6.04 Å². The molecule has 2 aliphatic rings. The average Bonchev–Trinajstić information content (AvgIpc) is 2.38. The third-order valence-electron chi connectivity index (χ3n) is 5.14. The number of rotatable bonds is 4. The highest BCUT2D eigenvalue weighted by molar-refractivity contribution is 7.88. The van der Waals surface area contributed by atoms with E-state index in [1.165, 1.54) is 31.9 Å². The molecule has 4 unspecified atom stereocenters. The minimum absolute atomic E-state index is 0.252. The van der Waals surface area contributed by atoms with Crippen molar-refractivity contribution in [3.8, 4) is 0 Å². The molecule has 2 fully saturated rings. The normalized spacial score (nSPS) is 34.9. The molecule has 0 bridgehead atoms. The summed E-state index contributed by atoms with van der Waals surface area (Å²) in [6.45, 7) is 3.69. The Morgan fingerprint density at radius 3 is 2.65 bits per heavy atom. The van der Waals surface area contributed by atoms with Crippen LogP contribution < -0.4 is 5.73 Å². The monoisotopic (exact) mass is 302 g/mol. The summed E-state index contributed by atoms with van der Waals surface area (Å²) in [5, 5.41) is 0. The minimum Gasteiger partial charge on any atom is -0.327 e. The van der Waals surface area contributed by atoms with Crippen LogP contribution in [0.3, 0.4) is 0 Å². The lowest BCUT2D eigenvalue weighted by Crippen LogP contribution is -2.42. The molecule has 4 atom stereocenters. The Kier molecular flexibility index (Phi) is 5.49. The predicted molar refractivity (Wildman–Crippen MR) is 82.9 cm³/mol. The van der Waals surface area contributed by atoms with Gasteiger partial charge in [-0.25, -0.2) is 12.7 Å². The van der Waals surface area contributed by atoms with E-state index in [2.05, 4.69) is 6.92 Å². The van der Waals surface area contributed by atoms with E-state index >= 15 is 0 Å². The number of nitrogens with zero attached hydrogens (tertiary/aromatic N) is 1. The summed E-state index contributed by atoms with van der Waals surface area (Å²) in [5.41, 5.74) is 6.43. The molecule has 20 heavy (non-hydrogen) atoms. The second-order valence-corrected chi connectivity index (χ2v) is 9.04. The van der Waals surface area contributed by atoms with Crippen LogP contribution in [-0.4, -0.2) is 38.1 Å². The maximum absolute atomic E-state index is 11.7. The van der Waals surface area contributed by atoms with Gasteiger partial charge in [0.05, 0.1) is 6.26 Å². The zero-order valence-electron chi connectivity index (χ0n) is 12.9. The molecule has 0 aromatic carbocycles. The SMILES string of the molecule is CC1CCCC(C(N)CC2CCCN(S(C)(=O)=O)C2)C1. The highest BCUT2D eigenvalue weighted by Gasteiger charge is 2.30. The molecule has 2 rings (SSSR count). The Morgan fingerprint density at radius 1 is 1.25 bits per heavy atom. The standard InChI is InChI=1S/C15H30N2O2S/c1-12-5-3-7-14(9-12)15(16)10-13-6-4-8-17(11-13)20(2,18)19/h12-15H,3-11,16H2,1-2H3. The minimum atomic E-state index is -3.04. The van der Waals surface area contributed by atoms with Crippen LogP contribution in [0.25, 0.3) is 0 Å². The fourth-order valence-electron chi connectivity index (χ4n) is 3.97. The molecule has 118 valence electrons. The van der Waals surface area contributed by atoms with Crippen LogP contribution >= 0.6 is 0 Å². The molecule has 0 radical (unpaired) electrons. The lowest BCUT2D eigenvalue weighted by atomic mass is 9.76. The van der Waals surface area contributed by atoms with Crippen molar-refractivity contribution in [3.63, 3.8) is 0 Å². The fourth-order valence-corrected chi connectivity index (χ4v) is 4.91. The number of hydrogen-bond donors (Lipinski definition) is 1. The number of hydrogen-bond acceptors (Lipinski definition) is 3. The zero-order valence-corrected chi connectivity index (χ0v) is 13.7. The van der Waals surface area contributed by atoms with Crippen LogP contribution in [0, 0.1) is 17.8 Å². The predicted octanol–water partition coefficient (Wildman–Crippen LogP) is 2.20. The molecule has 0 amide bonds. The summed E-state index contributed by atoms with van der Waals surface area (Å²) < 4.78 is 25.0. The van der Waals surface area contributed by atoms with E-state index in [1.807, 2.05) is 0 Å². The summed E-state index contributed by atoms with van der Waals surface area (Å²) in [6.07, 6.45) is 9.57. The first-order chi connectivity index (χ1) is 9.36. The molecule has 0 aromatic rings. The van der Waals surface area contributed by atoms with Gasteiger partial charge >= 0.3 is 0 Å². The fraction of sp³-hybridized carbons (Fsp3) is 1.00. The van der Waals surface area contributed by atoms with Crippen molar-refractivity contribution in [2.45, 2.75) is 57.9 Å². The smallest absolute Gasteiger partial charge is 0.211 e. The van der Waals surface area contributed by atoms with Crippen LogP contribution in [0.5, 0.6) is 0 Å². The second-order valence-electron chi connectivity index (χ2n) is 7.06. The van der Waals surface area contributed by atoms with Gasteiger partial charge in [0.2, 0.25) is 10.0 Å². The van der Waals surface area contributed by atoms with Crippen molar-refractivity contribution < 1.29 is 8.42 Å². The van der Waals surface area contributed by atoms with Gasteiger partial charge in [-0.15, -0.1) is 0 Å². The summed E-state index contributed by atoms with van der Waals surface area (Å²) in [7, 11) is -3.04. The number of piperidine rings is 1. The largest absolute Gasteiger partial charge is 0.327 e. The van der Waals surface area contributed by atoms with Crippen LogP contribution in [0.15, 0.2) is 0 Å². The van der Waals surface area contributed by atoms with Crippen molar-refractivity contribution in [1.29, 1.82) is 0 Å². The van der Waals surface area contributed by atoms with E-state index in [9.17, 15) is 8.42 Å². The molecule has 2 N–H and O–H groups in total. The first kappa shape index (κ1) is 16.2. The maximum Gasteiger partial charge on any atom is 0.211 e. The molecule has 1 saturated carbocycles. The van der Waals surface area contributed by atoms with Gasteiger partial charge in [0.25, 0.3) is 0 Å². The highest BCUT2D eigenvalue weighted by atomic mass is 32.2. The van der Waals surface area contributed by atoms with E-state index < -0.39 is 10.0 Å². The van der Waals surface area contributed by atoms with Gasteiger partial charge in [0.1, 0.15) is 0 Å². The molecule has 0 aromatic heterocycles. The topological polar surface area (TPSA) is 63.4 Å². The lowest BCUT2D eigenvalue weighted by molar-refractivity contribution is 0.193. The van der Waals surface area contributed by atoms with Crippen LogP contribution in [-0.2, 0) is 10.0 Å². The van der Waals surface area contributed by atoms with Crippen molar-refractivity contribution >= 4 is 10.0 Å². The van der Waals surface area contributed by atoms with Crippen LogP contribution in [0.2, 0.25) is 0 Å². The number of nitrogens with two attached hydrogens (primary N) is 1. The van der Waals surface area contributed by atoms with Gasteiger partial charge in [0.15, 0.2) is 0 Å². The lowest BCUT2D eigenvalue weighted by Gasteiger charge is -2.36. The molecule has 4 nitrogen and oxygen atoms in total. The van der Waals surface area contributed by atoms with Crippen LogP contribution in [0.4, 0.5) is 0 Å². The summed E-state index contributed by atoms with van der Waals surface area (Å²) in [5.74, 6) is 1.90. The van der Waals surface area contributed by atoms with Crippen LogP contribution in [0.1, 0.15) is 51.9 Å². The molecular weight excluding hydrogens is 272 g/mol. The van der Waals surface area contributed by atoms with Gasteiger partial charge in [-0.2, -0.15) is 0 Å². The third kappa shape index (κ3) is 4.43. The Balaban J connectivity index is 1.86. The average molecular weight is 302 g/mol. The highest BCUT2D eigenvalue weighted by Crippen LogP contribution is 2.33. The van der Waals surface area contributed by atoms with E-state index in [1.54, 1.807) is 4.31 Å². The summed E-state index contributed by atoms with van der Waals surface area (Å²) in [6, 6.07) is 0.252. The maximum atomic E-state index is 11.7. The zero-order chi connectivity index (χ0) is 14.8. The van der Waals surface area contributed by atoms with E-state index in [0.717, 1.165) is 25.2 Å². The van der Waals surface area contributed by atoms with E-state index in [4.69, 9.17) is 5.73 Å². The summed E-state index contributed by atoms with van der Waals surface area (Å²) in [4.78, 5) is 0. The summed E-state index contributed by atoms with van der Waals surface area (Å²) >= 11 is 0. The van der Waals surface area contributed by atoms with Crippen molar-refractivity contribution in [3.05, 3.63) is 0 Å². The van der Waals surface area contributed by atoms with Gasteiger partial charge in [-0.05, 0) is 49.9 Å². The van der Waals surface area contributed by atoms with Gasteiger partial charge < -0.3 is 5.73 Å². The second kappa shape index (κ2) is 6.75. The molecule has 1 saturated heterocycles. The van der Waals surface area contributed by atoms with E-state index in [0.29, 0.717) is 24.9 Å². The molecule has 0 spiro atoms. The van der Waals surface area contributed by atoms with Gasteiger partial charge in [0, 0.05) is 19.1 Å². The molecule has 1 aliphatic heterocycles. The Morgan fingerprint density at radius 2 is 2.00 bits per heavy atom. The third-order valence-corrected chi connectivity index (χ3v) is 6.41. The van der Waals surface area contributed by atoms with Gasteiger partial charge in [-0.3, -0.25) is 0 Å². The molecular formula is C15H30N2O2S. The van der Waals surface area contributed by atoms with Crippen molar-refractivity contribution in [1.82, 2.24) is 4.31 Å². The van der Waals surface area contributed by atoms with Crippen molar-refractivity contribution in [2.24, 2.45) is 23.5 Å². The quantitative estimate of drug-likeness (QED) is 0.866. The molecule has 1 aliphatic carbocycles. The first-order valence-electron chi connectivity index (χ1n) is 8.07. The molecule has 1 heterocycles. The molecule has 5 heteroatoms. The Bertz CT molecular complexity index is 410. The first-order valence-corrected chi connectivity index (χ1v) is 9.91.